The van der Waals surface area contributed by atoms with Crippen molar-refractivity contribution in [2.75, 3.05) is 0 Å². The molecule has 10 aromatic rings. The fraction of sp³-hybridized carbons (Fsp3) is 0. The molecule has 10 rings (SSSR count). The van der Waals surface area contributed by atoms with Crippen LogP contribution in [0.3, 0.4) is 0 Å². The van der Waals surface area contributed by atoms with Crippen LogP contribution in [-0.4, -0.2) is 9.13 Å². The average Bonchev–Trinajstić information content (AvgIpc) is 3.79. The van der Waals surface area contributed by atoms with Crippen molar-refractivity contribution in [1.29, 1.82) is 5.26 Å². The highest BCUT2D eigenvalue weighted by atomic mass is 16.3. The summed E-state index contributed by atoms with van der Waals surface area (Å²) < 4.78 is 11.2. The average molecular weight is 600 g/mol. The van der Waals surface area contributed by atoms with E-state index in [-0.39, 0.29) is 0 Å². The molecule has 3 heterocycles. The van der Waals surface area contributed by atoms with Crippen LogP contribution in [-0.2, 0) is 0 Å². The highest BCUT2D eigenvalue weighted by molar-refractivity contribution is 6.21. The van der Waals surface area contributed by atoms with Crippen molar-refractivity contribution >= 4 is 65.6 Å². The molecule has 47 heavy (non-hydrogen) atoms. The lowest BCUT2D eigenvalue weighted by molar-refractivity contribution is 0.671. The lowest BCUT2D eigenvalue weighted by Crippen LogP contribution is -1.97. The zero-order valence-corrected chi connectivity index (χ0v) is 25.2. The van der Waals surface area contributed by atoms with Crippen LogP contribution < -0.4 is 0 Å². The van der Waals surface area contributed by atoms with E-state index in [0.29, 0.717) is 5.56 Å². The largest absolute Gasteiger partial charge is 0.454 e. The van der Waals surface area contributed by atoms with Gasteiger partial charge in [-0.2, -0.15) is 5.26 Å². The standard InChI is InChI=1S/C43H25N3O/c44-26-27-22-29(25-31(23-27)45-38-16-5-1-12-32(38)33-13-2-6-17-39(33)45)28-10-9-11-30(24-28)46-40-18-7-3-14-34(40)36-20-21-37-35-15-4-8-19-41(35)47-43(37)42(36)46/h1-25H. The number of aromatic nitrogens is 2. The summed E-state index contributed by atoms with van der Waals surface area (Å²) in [5.41, 5.74) is 10.8. The Morgan fingerprint density at radius 1 is 0.447 bits per heavy atom. The van der Waals surface area contributed by atoms with Gasteiger partial charge in [-0.3, -0.25) is 0 Å². The second-order valence-corrected chi connectivity index (χ2v) is 12.1. The second-order valence-electron chi connectivity index (χ2n) is 12.1. The van der Waals surface area contributed by atoms with Crippen molar-refractivity contribution in [3.8, 4) is 28.6 Å². The predicted molar refractivity (Wildman–Crippen MR) is 193 cm³/mol. The van der Waals surface area contributed by atoms with Crippen LogP contribution in [0.4, 0.5) is 0 Å². The lowest BCUT2D eigenvalue weighted by atomic mass is 10.0. The topological polar surface area (TPSA) is 46.8 Å². The quantitative estimate of drug-likeness (QED) is 0.203. The van der Waals surface area contributed by atoms with Gasteiger partial charge in [0.1, 0.15) is 5.58 Å². The molecule has 0 fully saturated rings. The summed E-state index contributed by atoms with van der Waals surface area (Å²) in [5.74, 6) is 0. The minimum atomic E-state index is 0.616. The number of para-hydroxylation sites is 4. The Bertz CT molecular complexity index is 2880. The van der Waals surface area contributed by atoms with E-state index >= 15 is 0 Å². The van der Waals surface area contributed by atoms with E-state index in [9.17, 15) is 5.26 Å². The fourth-order valence-electron chi connectivity index (χ4n) is 7.50. The van der Waals surface area contributed by atoms with Gasteiger partial charge in [-0.05, 0) is 71.8 Å². The summed E-state index contributed by atoms with van der Waals surface area (Å²) >= 11 is 0. The van der Waals surface area contributed by atoms with E-state index in [0.717, 1.165) is 71.9 Å². The lowest BCUT2D eigenvalue weighted by Gasteiger charge is -2.13. The molecular formula is C43H25N3O. The van der Waals surface area contributed by atoms with Gasteiger partial charge in [-0.1, -0.05) is 91.0 Å². The third-order valence-electron chi connectivity index (χ3n) is 9.50. The molecule has 7 aromatic carbocycles. The molecule has 0 amide bonds. The third kappa shape index (κ3) is 3.69. The molecule has 3 aromatic heterocycles. The van der Waals surface area contributed by atoms with Crippen LogP contribution in [0.2, 0.25) is 0 Å². The van der Waals surface area contributed by atoms with Gasteiger partial charge >= 0.3 is 0 Å². The summed E-state index contributed by atoms with van der Waals surface area (Å²) in [6, 6.07) is 55.3. The molecular weight excluding hydrogens is 574 g/mol. The molecule has 0 aliphatic carbocycles. The predicted octanol–water partition coefficient (Wildman–Crippen LogP) is 11.3. The first-order valence-corrected chi connectivity index (χ1v) is 15.7. The van der Waals surface area contributed by atoms with Gasteiger partial charge in [0.25, 0.3) is 0 Å². The van der Waals surface area contributed by atoms with Crippen LogP contribution in [0.5, 0.6) is 0 Å². The van der Waals surface area contributed by atoms with Crippen LogP contribution in [0, 0.1) is 11.3 Å². The maximum absolute atomic E-state index is 10.2. The van der Waals surface area contributed by atoms with E-state index in [2.05, 4.69) is 143 Å². The number of rotatable bonds is 3. The van der Waals surface area contributed by atoms with Crippen LogP contribution >= 0.6 is 0 Å². The van der Waals surface area contributed by atoms with Crippen LogP contribution in [0.1, 0.15) is 5.56 Å². The number of nitrogens with zero attached hydrogens (tertiary/aromatic N) is 3. The summed E-state index contributed by atoms with van der Waals surface area (Å²) in [5, 5.41) is 17.1. The number of furan rings is 1. The Balaban J connectivity index is 1.22. The molecule has 0 saturated carbocycles. The summed E-state index contributed by atoms with van der Waals surface area (Å²) in [7, 11) is 0. The molecule has 0 spiro atoms. The first-order valence-electron chi connectivity index (χ1n) is 15.7. The monoisotopic (exact) mass is 599 g/mol. The maximum atomic E-state index is 10.2. The van der Waals surface area contributed by atoms with Crippen molar-refractivity contribution in [2.24, 2.45) is 0 Å². The van der Waals surface area contributed by atoms with Gasteiger partial charge in [0.05, 0.1) is 33.7 Å². The summed E-state index contributed by atoms with van der Waals surface area (Å²) in [6.45, 7) is 0. The van der Waals surface area contributed by atoms with E-state index in [1.165, 1.54) is 16.2 Å². The van der Waals surface area contributed by atoms with E-state index in [1.54, 1.807) is 0 Å². The van der Waals surface area contributed by atoms with Gasteiger partial charge in [0.2, 0.25) is 0 Å². The molecule has 4 heteroatoms. The van der Waals surface area contributed by atoms with E-state index in [1.807, 2.05) is 24.3 Å². The number of nitriles is 1. The molecule has 0 aliphatic rings. The van der Waals surface area contributed by atoms with Gasteiger partial charge in [0, 0.05) is 43.7 Å². The SMILES string of the molecule is N#Cc1cc(-c2cccc(-n3c4ccccc4c4ccc5c6ccccc6oc5c43)c2)cc(-n2c3ccccc3c3ccccc32)c1. The minimum Gasteiger partial charge on any atom is -0.454 e. The number of hydrogen-bond acceptors (Lipinski definition) is 2. The summed E-state index contributed by atoms with van der Waals surface area (Å²) in [6.07, 6.45) is 0. The highest BCUT2D eigenvalue weighted by Gasteiger charge is 2.19. The van der Waals surface area contributed by atoms with Crippen molar-refractivity contribution in [2.45, 2.75) is 0 Å². The van der Waals surface area contributed by atoms with Crippen molar-refractivity contribution in [3.63, 3.8) is 0 Å². The number of benzene rings is 7. The Hall–Kier alpha value is -6.57. The highest BCUT2D eigenvalue weighted by Crippen LogP contribution is 2.41. The zero-order chi connectivity index (χ0) is 31.1. The van der Waals surface area contributed by atoms with Gasteiger partial charge in [0.15, 0.2) is 5.58 Å². The van der Waals surface area contributed by atoms with Gasteiger partial charge < -0.3 is 13.6 Å². The molecule has 0 N–H and O–H groups in total. The third-order valence-corrected chi connectivity index (χ3v) is 9.50. The van der Waals surface area contributed by atoms with E-state index < -0.39 is 0 Å². The first kappa shape index (κ1) is 25.7. The second kappa shape index (κ2) is 9.71. The Kier molecular flexibility index (Phi) is 5.32. The number of fused-ring (bicyclic) bond motifs is 10. The molecule has 0 saturated heterocycles. The molecule has 0 bridgehead atoms. The van der Waals surface area contributed by atoms with Crippen LogP contribution in [0.25, 0.3) is 88.1 Å². The van der Waals surface area contributed by atoms with Crippen LogP contribution in [0.15, 0.2) is 156 Å². The zero-order valence-electron chi connectivity index (χ0n) is 25.2. The first-order chi connectivity index (χ1) is 23.3. The van der Waals surface area contributed by atoms with Gasteiger partial charge in [-0.15, -0.1) is 0 Å². The normalized spacial score (nSPS) is 11.8. The molecule has 0 aliphatic heterocycles. The van der Waals surface area contributed by atoms with Crippen molar-refractivity contribution in [3.05, 3.63) is 157 Å². The molecule has 0 unspecified atom stereocenters. The smallest absolute Gasteiger partial charge is 0.160 e. The number of hydrogen-bond donors (Lipinski definition) is 0. The van der Waals surface area contributed by atoms with Crippen molar-refractivity contribution < 1.29 is 4.42 Å². The Morgan fingerprint density at radius 3 is 1.77 bits per heavy atom. The molecule has 0 atom stereocenters. The molecule has 218 valence electrons. The van der Waals surface area contributed by atoms with E-state index in [4.69, 9.17) is 4.42 Å². The molecule has 0 radical (unpaired) electrons. The molecule has 4 nitrogen and oxygen atoms in total. The fourth-order valence-corrected chi connectivity index (χ4v) is 7.50. The minimum absolute atomic E-state index is 0.616. The Labute approximate surface area is 269 Å². The van der Waals surface area contributed by atoms with Gasteiger partial charge in [-0.25, -0.2) is 0 Å². The Morgan fingerprint density at radius 2 is 1.04 bits per heavy atom. The van der Waals surface area contributed by atoms with Crippen molar-refractivity contribution in [1.82, 2.24) is 9.13 Å². The maximum Gasteiger partial charge on any atom is 0.160 e. The summed E-state index contributed by atoms with van der Waals surface area (Å²) in [4.78, 5) is 0.